The second-order valence-electron chi connectivity index (χ2n) is 4.18. The highest BCUT2D eigenvalue weighted by molar-refractivity contribution is 5.38. The fraction of sp³-hybridized carbons (Fsp3) is 0.500. The van der Waals surface area contributed by atoms with E-state index in [0.717, 1.165) is 25.9 Å². The van der Waals surface area contributed by atoms with E-state index in [4.69, 9.17) is 0 Å². The number of aromatic hydroxyl groups is 1. The van der Waals surface area contributed by atoms with Gasteiger partial charge in [0.05, 0.1) is 0 Å². The number of piperidine rings is 1. The molecule has 0 amide bonds. The number of halogens is 1. The van der Waals surface area contributed by atoms with Crippen LogP contribution in [-0.4, -0.2) is 18.2 Å². The molecule has 0 aliphatic carbocycles. The monoisotopic (exact) mass is 209 g/mol. The number of aryl methyl sites for hydroxylation is 1. The van der Waals surface area contributed by atoms with Crippen molar-refractivity contribution >= 4 is 0 Å². The van der Waals surface area contributed by atoms with Crippen LogP contribution in [0.1, 0.15) is 29.9 Å². The molecule has 1 saturated heterocycles. The Balaban J connectivity index is 2.30. The lowest BCUT2D eigenvalue weighted by molar-refractivity contribution is 0.434. The zero-order valence-electron chi connectivity index (χ0n) is 8.89. The van der Waals surface area contributed by atoms with Gasteiger partial charge in [0.2, 0.25) is 0 Å². The van der Waals surface area contributed by atoms with E-state index in [2.05, 4.69) is 5.32 Å². The third-order valence-electron chi connectivity index (χ3n) is 3.09. The molecule has 15 heavy (non-hydrogen) atoms. The smallest absolute Gasteiger partial charge is 0.127 e. The van der Waals surface area contributed by atoms with Gasteiger partial charge in [-0.2, -0.15) is 0 Å². The minimum absolute atomic E-state index is 0.183. The van der Waals surface area contributed by atoms with Gasteiger partial charge in [-0.25, -0.2) is 4.39 Å². The molecule has 3 heteroatoms. The summed E-state index contributed by atoms with van der Waals surface area (Å²) in [6, 6.07) is 3.01. The van der Waals surface area contributed by atoms with Gasteiger partial charge in [0.1, 0.15) is 11.6 Å². The highest BCUT2D eigenvalue weighted by Gasteiger charge is 2.19. The van der Waals surface area contributed by atoms with Gasteiger partial charge in [-0.3, -0.25) is 0 Å². The average molecular weight is 209 g/mol. The Kier molecular flexibility index (Phi) is 2.91. The Morgan fingerprint density at radius 1 is 1.33 bits per heavy atom. The van der Waals surface area contributed by atoms with E-state index < -0.39 is 0 Å². The minimum Gasteiger partial charge on any atom is -0.508 e. The first-order valence-corrected chi connectivity index (χ1v) is 5.38. The van der Waals surface area contributed by atoms with Gasteiger partial charge >= 0.3 is 0 Å². The van der Waals surface area contributed by atoms with Crippen molar-refractivity contribution in [1.82, 2.24) is 5.32 Å². The van der Waals surface area contributed by atoms with Crippen molar-refractivity contribution in [2.24, 2.45) is 0 Å². The molecule has 2 nitrogen and oxygen atoms in total. The highest BCUT2D eigenvalue weighted by atomic mass is 19.1. The molecule has 2 N–H and O–H groups in total. The molecule has 0 aromatic heterocycles. The maximum atomic E-state index is 13.7. The van der Waals surface area contributed by atoms with E-state index in [1.807, 2.05) is 0 Å². The van der Waals surface area contributed by atoms with Gasteiger partial charge < -0.3 is 10.4 Å². The molecule has 0 unspecified atom stereocenters. The fourth-order valence-corrected chi connectivity index (χ4v) is 2.12. The standard InChI is InChI=1S/C12H16FNO/c1-8-6-11(13)10(7-12(8)15)9-2-4-14-5-3-9/h6-7,9,14-15H,2-5H2,1H3. The Labute approximate surface area is 89.1 Å². The summed E-state index contributed by atoms with van der Waals surface area (Å²) in [5.41, 5.74) is 1.27. The van der Waals surface area contributed by atoms with Crippen molar-refractivity contribution in [3.8, 4) is 5.75 Å². The maximum Gasteiger partial charge on any atom is 0.127 e. The van der Waals surface area contributed by atoms with Crippen molar-refractivity contribution < 1.29 is 9.50 Å². The molecule has 1 fully saturated rings. The molecular formula is C12H16FNO. The molecule has 0 atom stereocenters. The number of phenols is 1. The van der Waals surface area contributed by atoms with Crippen LogP contribution in [-0.2, 0) is 0 Å². The number of nitrogens with one attached hydrogen (secondary N) is 1. The highest BCUT2D eigenvalue weighted by Crippen LogP contribution is 2.31. The topological polar surface area (TPSA) is 32.3 Å². The Morgan fingerprint density at radius 2 is 2.00 bits per heavy atom. The summed E-state index contributed by atoms with van der Waals surface area (Å²) in [4.78, 5) is 0. The number of hydrogen-bond acceptors (Lipinski definition) is 2. The van der Waals surface area contributed by atoms with E-state index in [1.165, 1.54) is 6.07 Å². The molecule has 0 saturated carbocycles. The fourth-order valence-electron chi connectivity index (χ4n) is 2.12. The van der Waals surface area contributed by atoms with Crippen LogP contribution in [0.25, 0.3) is 0 Å². The van der Waals surface area contributed by atoms with E-state index in [-0.39, 0.29) is 17.5 Å². The Morgan fingerprint density at radius 3 is 2.67 bits per heavy atom. The Bertz CT molecular complexity index is 359. The first kappa shape index (κ1) is 10.4. The number of benzene rings is 1. The summed E-state index contributed by atoms with van der Waals surface area (Å²) >= 11 is 0. The zero-order chi connectivity index (χ0) is 10.8. The molecule has 1 aromatic rings. The maximum absolute atomic E-state index is 13.7. The third kappa shape index (κ3) is 2.12. The second kappa shape index (κ2) is 4.19. The van der Waals surface area contributed by atoms with Crippen LogP contribution in [0.15, 0.2) is 12.1 Å². The molecule has 1 aromatic carbocycles. The van der Waals surface area contributed by atoms with Crippen LogP contribution in [0.2, 0.25) is 0 Å². The van der Waals surface area contributed by atoms with E-state index >= 15 is 0 Å². The summed E-state index contributed by atoms with van der Waals surface area (Å²) in [6.45, 7) is 3.57. The molecule has 1 aliphatic heterocycles. The first-order valence-electron chi connectivity index (χ1n) is 5.38. The molecule has 0 bridgehead atoms. The van der Waals surface area contributed by atoms with Crippen molar-refractivity contribution in [2.75, 3.05) is 13.1 Å². The van der Waals surface area contributed by atoms with Crippen molar-refractivity contribution in [1.29, 1.82) is 0 Å². The number of hydrogen-bond donors (Lipinski definition) is 2. The van der Waals surface area contributed by atoms with Crippen LogP contribution in [0.3, 0.4) is 0 Å². The lowest BCUT2D eigenvalue weighted by atomic mass is 9.89. The quantitative estimate of drug-likeness (QED) is 0.744. The first-order chi connectivity index (χ1) is 7.18. The predicted octanol–water partition coefficient (Wildman–Crippen LogP) is 2.31. The van der Waals surface area contributed by atoms with Crippen LogP contribution in [0, 0.1) is 12.7 Å². The molecule has 0 radical (unpaired) electrons. The number of phenolic OH excluding ortho intramolecular Hbond substituents is 1. The van der Waals surface area contributed by atoms with Gasteiger partial charge in [-0.15, -0.1) is 0 Å². The van der Waals surface area contributed by atoms with E-state index in [0.29, 0.717) is 11.1 Å². The average Bonchev–Trinajstić information content (AvgIpc) is 2.25. The largest absolute Gasteiger partial charge is 0.508 e. The minimum atomic E-state index is -0.183. The van der Waals surface area contributed by atoms with Crippen LogP contribution in [0.5, 0.6) is 5.75 Å². The lowest BCUT2D eigenvalue weighted by Crippen LogP contribution is -2.27. The van der Waals surface area contributed by atoms with Gasteiger partial charge in [-0.1, -0.05) is 0 Å². The summed E-state index contributed by atoms with van der Waals surface area (Å²) < 4.78 is 13.7. The molecule has 2 rings (SSSR count). The molecule has 82 valence electrons. The van der Waals surface area contributed by atoms with E-state index in [1.54, 1.807) is 13.0 Å². The summed E-state index contributed by atoms with van der Waals surface area (Å²) in [6.07, 6.45) is 1.89. The van der Waals surface area contributed by atoms with Crippen LogP contribution < -0.4 is 5.32 Å². The lowest BCUT2D eigenvalue weighted by Gasteiger charge is -2.23. The van der Waals surface area contributed by atoms with Crippen LogP contribution >= 0.6 is 0 Å². The van der Waals surface area contributed by atoms with Crippen molar-refractivity contribution in [2.45, 2.75) is 25.7 Å². The van der Waals surface area contributed by atoms with Crippen molar-refractivity contribution in [3.63, 3.8) is 0 Å². The molecule has 0 spiro atoms. The SMILES string of the molecule is Cc1cc(F)c(C2CCNCC2)cc1O. The Hall–Kier alpha value is -1.09. The van der Waals surface area contributed by atoms with Gasteiger partial charge in [0.15, 0.2) is 0 Å². The predicted molar refractivity (Wildman–Crippen MR) is 57.6 cm³/mol. The van der Waals surface area contributed by atoms with Gasteiger partial charge in [0, 0.05) is 0 Å². The summed E-state index contributed by atoms with van der Waals surface area (Å²) in [5, 5.41) is 12.8. The summed E-state index contributed by atoms with van der Waals surface area (Å²) in [7, 11) is 0. The van der Waals surface area contributed by atoms with E-state index in [9.17, 15) is 9.50 Å². The summed E-state index contributed by atoms with van der Waals surface area (Å²) in [5.74, 6) is 0.264. The van der Waals surface area contributed by atoms with Gasteiger partial charge in [0.25, 0.3) is 0 Å². The van der Waals surface area contributed by atoms with Gasteiger partial charge in [-0.05, 0) is 62.0 Å². The van der Waals surface area contributed by atoms with Crippen LogP contribution in [0.4, 0.5) is 4.39 Å². The number of rotatable bonds is 1. The molecule has 1 aliphatic rings. The molecule has 1 heterocycles. The van der Waals surface area contributed by atoms with Crippen molar-refractivity contribution in [3.05, 3.63) is 29.1 Å². The third-order valence-corrected chi connectivity index (χ3v) is 3.09. The second-order valence-corrected chi connectivity index (χ2v) is 4.18. The zero-order valence-corrected chi connectivity index (χ0v) is 8.89. The normalized spacial score (nSPS) is 18.0. The molecular weight excluding hydrogens is 193 g/mol.